The van der Waals surface area contributed by atoms with Crippen LogP contribution in [0.1, 0.15) is 24.5 Å². The number of alkyl halides is 3. The molecule has 0 bridgehead atoms. The molecule has 0 aromatic heterocycles. The average Bonchev–Trinajstić information content (AvgIpc) is 3.08. The van der Waals surface area contributed by atoms with Gasteiger partial charge in [0.15, 0.2) is 3.79 Å². The predicted octanol–water partition coefficient (Wildman–Crippen LogP) is 3.65. The summed E-state index contributed by atoms with van der Waals surface area (Å²) >= 11 is 17.6. The van der Waals surface area contributed by atoms with Gasteiger partial charge in [-0.1, -0.05) is 59.1 Å². The first-order valence-corrected chi connectivity index (χ1v) is 7.37. The third kappa shape index (κ3) is 4.01. The molecule has 1 unspecified atom stereocenters. The molecule has 0 N–H and O–H groups in total. The molecule has 110 valence electrons. The maximum atomic E-state index is 11.3. The van der Waals surface area contributed by atoms with Gasteiger partial charge in [0.25, 0.3) is 0 Å². The topological polar surface area (TPSA) is 32.8 Å². The van der Waals surface area contributed by atoms with Gasteiger partial charge in [-0.05, 0) is 11.1 Å². The van der Waals surface area contributed by atoms with Crippen LogP contribution in [0.15, 0.2) is 24.3 Å². The van der Waals surface area contributed by atoms with Crippen LogP contribution in [0.4, 0.5) is 0 Å². The number of rotatable bonds is 4. The first-order valence-electron chi connectivity index (χ1n) is 6.24. The Morgan fingerprint density at radius 2 is 2.10 bits per heavy atom. The van der Waals surface area contributed by atoms with Crippen LogP contribution in [0.25, 0.3) is 0 Å². The number of hydrogen-bond acceptors (Lipinski definition) is 2. The van der Waals surface area contributed by atoms with E-state index in [1.54, 1.807) is 11.9 Å². The fourth-order valence-electron chi connectivity index (χ4n) is 2.12. The van der Waals surface area contributed by atoms with Gasteiger partial charge in [-0.2, -0.15) is 0 Å². The van der Waals surface area contributed by atoms with Crippen molar-refractivity contribution in [1.29, 1.82) is 0 Å². The number of amides is 1. The number of ether oxygens (including phenoxy) is 1. The van der Waals surface area contributed by atoms with E-state index in [4.69, 9.17) is 39.5 Å². The van der Waals surface area contributed by atoms with Crippen molar-refractivity contribution in [2.45, 2.75) is 29.3 Å². The van der Waals surface area contributed by atoms with Crippen LogP contribution in [0.3, 0.4) is 0 Å². The number of carbonyl (C=O) groups excluding carboxylic acids is 1. The number of benzene rings is 1. The van der Waals surface area contributed by atoms with E-state index < -0.39 is 9.39 Å². The van der Waals surface area contributed by atoms with Crippen molar-refractivity contribution in [1.82, 2.24) is 4.90 Å². The lowest BCUT2D eigenvalue weighted by atomic mass is 9.95. The number of epoxide rings is 1. The minimum atomic E-state index is -1.34. The summed E-state index contributed by atoms with van der Waals surface area (Å²) in [5.41, 5.74) is 1.51. The quantitative estimate of drug-likeness (QED) is 0.621. The number of hydrogen-bond donors (Lipinski definition) is 0. The Morgan fingerprint density at radius 1 is 1.45 bits per heavy atom. The highest BCUT2D eigenvalue weighted by Gasteiger charge is 2.51. The van der Waals surface area contributed by atoms with Crippen molar-refractivity contribution in [3.63, 3.8) is 0 Å². The summed E-state index contributed by atoms with van der Waals surface area (Å²) in [7, 11) is 1.76. The molecule has 2 rings (SSSR count). The highest BCUT2D eigenvalue weighted by Crippen LogP contribution is 2.49. The molecule has 1 fully saturated rings. The average molecular weight is 337 g/mol. The van der Waals surface area contributed by atoms with Crippen LogP contribution >= 0.6 is 34.8 Å². The zero-order chi connectivity index (χ0) is 15.0. The number of carbonyl (C=O) groups is 1. The zero-order valence-corrected chi connectivity index (χ0v) is 13.6. The van der Waals surface area contributed by atoms with E-state index >= 15 is 0 Å². The SMILES string of the molecule is CC(=O)N(C)Cc1cccc(C2(CC(Cl)(Cl)Cl)CO2)c1. The van der Waals surface area contributed by atoms with E-state index in [0.717, 1.165) is 11.1 Å². The summed E-state index contributed by atoms with van der Waals surface area (Å²) in [6.07, 6.45) is 0.316. The molecular weight excluding hydrogens is 321 g/mol. The van der Waals surface area contributed by atoms with Gasteiger partial charge >= 0.3 is 0 Å². The Bertz CT molecular complexity index is 509. The Kier molecular flexibility index (Phi) is 4.55. The summed E-state index contributed by atoms with van der Waals surface area (Å²) in [5.74, 6) is 0.0223. The Balaban J connectivity index is 2.16. The summed E-state index contributed by atoms with van der Waals surface area (Å²) in [6, 6.07) is 7.86. The van der Waals surface area contributed by atoms with Gasteiger partial charge in [0.05, 0.1) is 6.61 Å². The van der Waals surface area contributed by atoms with Gasteiger partial charge in [-0.15, -0.1) is 0 Å². The van der Waals surface area contributed by atoms with Crippen molar-refractivity contribution >= 4 is 40.7 Å². The van der Waals surface area contributed by atoms with Crippen molar-refractivity contribution in [3.05, 3.63) is 35.4 Å². The Labute approximate surface area is 133 Å². The van der Waals surface area contributed by atoms with Crippen LogP contribution < -0.4 is 0 Å². The van der Waals surface area contributed by atoms with E-state index in [1.165, 1.54) is 6.92 Å². The maximum absolute atomic E-state index is 11.3. The normalized spacial score (nSPS) is 21.6. The van der Waals surface area contributed by atoms with E-state index in [1.807, 2.05) is 24.3 Å². The first-order chi connectivity index (χ1) is 9.22. The van der Waals surface area contributed by atoms with Crippen molar-refractivity contribution in [2.75, 3.05) is 13.7 Å². The van der Waals surface area contributed by atoms with Gasteiger partial charge in [-0.25, -0.2) is 0 Å². The zero-order valence-electron chi connectivity index (χ0n) is 11.3. The first kappa shape index (κ1) is 15.9. The molecule has 1 aliphatic heterocycles. The monoisotopic (exact) mass is 335 g/mol. The summed E-state index contributed by atoms with van der Waals surface area (Å²) in [6.45, 7) is 2.64. The van der Waals surface area contributed by atoms with Crippen LogP contribution in [0.5, 0.6) is 0 Å². The fourth-order valence-corrected chi connectivity index (χ4v) is 2.77. The highest BCUT2D eigenvalue weighted by molar-refractivity contribution is 6.67. The molecule has 6 heteroatoms. The second-order valence-electron chi connectivity index (χ2n) is 5.15. The van der Waals surface area contributed by atoms with Gasteiger partial charge in [0.2, 0.25) is 5.91 Å². The molecule has 1 saturated heterocycles. The van der Waals surface area contributed by atoms with Crippen LogP contribution in [0.2, 0.25) is 0 Å². The van der Waals surface area contributed by atoms with Gasteiger partial charge < -0.3 is 9.64 Å². The predicted molar refractivity (Wildman–Crippen MR) is 81.1 cm³/mol. The van der Waals surface area contributed by atoms with E-state index in [-0.39, 0.29) is 5.91 Å². The number of nitrogens with zero attached hydrogens (tertiary/aromatic N) is 1. The van der Waals surface area contributed by atoms with Crippen molar-refractivity contribution in [3.8, 4) is 0 Å². The largest absolute Gasteiger partial charge is 0.364 e. The lowest BCUT2D eigenvalue weighted by molar-refractivity contribution is -0.128. The molecule has 1 heterocycles. The Morgan fingerprint density at radius 3 is 2.60 bits per heavy atom. The fraction of sp³-hybridized carbons (Fsp3) is 0.500. The Hall–Kier alpha value is -0.480. The summed E-state index contributed by atoms with van der Waals surface area (Å²) in [4.78, 5) is 12.9. The molecule has 0 saturated carbocycles. The third-order valence-electron chi connectivity index (χ3n) is 3.39. The van der Waals surface area contributed by atoms with E-state index in [0.29, 0.717) is 19.6 Å². The van der Waals surface area contributed by atoms with Gasteiger partial charge in [-0.3, -0.25) is 4.79 Å². The third-order valence-corrected chi connectivity index (χ3v) is 3.79. The molecule has 0 radical (unpaired) electrons. The molecule has 20 heavy (non-hydrogen) atoms. The minimum Gasteiger partial charge on any atom is -0.364 e. The van der Waals surface area contributed by atoms with Gasteiger partial charge in [0, 0.05) is 26.9 Å². The second kappa shape index (κ2) is 5.72. The molecule has 1 atom stereocenters. The standard InChI is InChI=1S/C14H16Cl3NO2/c1-10(19)18(2)7-11-4-3-5-12(6-11)13(9-20-13)8-14(15,16)17/h3-6H,7-9H2,1-2H3. The maximum Gasteiger partial charge on any atom is 0.219 e. The molecule has 1 aromatic carbocycles. The molecule has 1 aliphatic rings. The molecule has 3 nitrogen and oxygen atoms in total. The summed E-state index contributed by atoms with van der Waals surface area (Å²) < 4.78 is 4.19. The van der Waals surface area contributed by atoms with Crippen LogP contribution in [0, 0.1) is 0 Å². The number of halogens is 3. The molecule has 0 spiro atoms. The van der Waals surface area contributed by atoms with Crippen molar-refractivity contribution in [2.24, 2.45) is 0 Å². The molecule has 1 aromatic rings. The molecule has 0 aliphatic carbocycles. The van der Waals surface area contributed by atoms with Gasteiger partial charge in [0.1, 0.15) is 5.60 Å². The van der Waals surface area contributed by atoms with Crippen molar-refractivity contribution < 1.29 is 9.53 Å². The summed E-state index contributed by atoms with van der Waals surface area (Å²) in [5, 5.41) is 0. The lowest BCUT2D eigenvalue weighted by Gasteiger charge is -2.20. The lowest BCUT2D eigenvalue weighted by Crippen LogP contribution is -2.23. The minimum absolute atomic E-state index is 0.0223. The smallest absolute Gasteiger partial charge is 0.219 e. The van der Waals surface area contributed by atoms with Crippen LogP contribution in [-0.4, -0.2) is 28.3 Å². The highest BCUT2D eigenvalue weighted by atomic mass is 35.6. The molecular formula is C14H16Cl3NO2. The van der Waals surface area contributed by atoms with E-state index in [2.05, 4.69) is 0 Å². The molecule has 1 amide bonds. The van der Waals surface area contributed by atoms with E-state index in [9.17, 15) is 4.79 Å². The second-order valence-corrected chi connectivity index (χ2v) is 7.67. The van der Waals surface area contributed by atoms with Crippen LogP contribution in [-0.2, 0) is 21.7 Å².